The first-order valence-electron chi connectivity index (χ1n) is 7.15. The van der Waals surface area contributed by atoms with Gasteiger partial charge in [0.05, 0.1) is 0 Å². The van der Waals surface area contributed by atoms with Crippen molar-refractivity contribution in [3.8, 4) is 0 Å². The highest BCUT2D eigenvalue weighted by Crippen LogP contribution is 2.12. The zero-order chi connectivity index (χ0) is 13.1. The minimum Gasteiger partial charge on any atom is -0.381 e. The molecule has 0 N–H and O–H groups in total. The predicted octanol–water partition coefficient (Wildman–Crippen LogP) is 5.37. The molecule has 0 bridgehead atoms. The van der Waals surface area contributed by atoms with E-state index in [0.717, 1.165) is 17.7 Å². The molecule has 0 unspecified atom stereocenters. The maximum atomic E-state index is 5.60. The lowest BCUT2D eigenvalue weighted by molar-refractivity contribution is 0.126. The van der Waals surface area contributed by atoms with Crippen molar-refractivity contribution >= 4 is 15.9 Å². The molecule has 0 spiro atoms. The van der Waals surface area contributed by atoms with E-state index in [9.17, 15) is 0 Å². The quantitative estimate of drug-likeness (QED) is 0.528. The molecule has 0 amide bonds. The van der Waals surface area contributed by atoms with Crippen LogP contribution >= 0.6 is 15.9 Å². The Kier molecular flexibility index (Phi) is 9.23. The molecule has 0 saturated heterocycles. The summed E-state index contributed by atoms with van der Waals surface area (Å²) in [7, 11) is 0. The van der Waals surface area contributed by atoms with Gasteiger partial charge in [-0.1, -0.05) is 54.2 Å². The van der Waals surface area contributed by atoms with Gasteiger partial charge in [0, 0.05) is 17.7 Å². The van der Waals surface area contributed by atoms with E-state index in [2.05, 4.69) is 47.1 Å². The molecule has 0 aliphatic rings. The standard InChI is InChI=1S/C16H25BrO/c1-2-3-6-13-18-14-7-4-5-8-15-9-11-16(17)12-10-15/h9-12H,2-8,13-14H2,1H3. The highest BCUT2D eigenvalue weighted by atomic mass is 79.9. The van der Waals surface area contributed by atoms with Crippen LogP contribution in [0.5, 0.6) is 0 Å². The van der Waals surface area contributed by atoms with Gasteiger partial charge in [-0.15, -0.1) is 0 Å². The topological polar surface area (TPSA) is 9.23 Å². The van der Waals surface area contributed by atoms with Crippen LogP contribution in [0.25, 0.3) is 0 Å². The van der Waals surface area contributed by atoms with E-state index in [1.165, 1.54) is 50.5 Å². The van der Waals surface area contributed by atoms with Gasteiger partial charge >= 0.3 is 0 Å². The Morgan fingerprint density at radius 1 is 0.889 bits per heavy atom. The lowest BCUT2D eigenvalue weighted by Crippen LogP contribution is -1.97. The van der Waals surface area contributed by atoms with Crippen molar-refractivity contribution in [2.24, 2.45) is 0 Å². The average Bonchev–Trinajstić information content (AvgIpc) is 2.39. The monoisotopic (exact) mass is 312 g/mol. The fourth-order valence-electron chi connectivity index (χ4n) is 1.92. The lowest BCUT2D eigenvalue weighted by Gasteiger charge is -2.04. The summed E-state index contributed by atoms with van der Waals surface area (Å²) in [6.07, 6.45) is 8.70. The number of rotatable bonds is 10. The molecule has 0 fully saturated rings. The normalized spacial score (nSPS) is 10.8. The zero-order valence-electron chi connectivity index (χ0n) is 11.5. The molecule has 18 heavy (non-hydrogen) atoms. The summed E-state index contributed by atoms with van der Waals surface area (Å²) in [6.45, 7) is 4.10. The van der Waals surface area contributed by atoms with Gasteiger partial charge in [0.2, 0.25) is 0 Å². The Morgan fingerprint density at radius 3 is 2.22 bits per heavy atom. The molecule has 0 saturated carbocycles. The van der Waals surface area contributed by atoms with E-state index < -0.39 is 0 Å². The van der Waals surface area contributed by atoms with Crippen LogP contribution in [-0.2, 0) is 11.2 Å². The summed E-state index contributed by atoms with van der Waals surface area (Å²) in [5.74, 6) is 0. The molecule has 1 nitrogen and oxygen atoms in total. The van der Waals surface area contributed by atoms with Crippen LogP contribution in [0.4, 0.5) is 0 Å². The summed E-state index contributed by atoms with van der Waals surface area (Å²) >= 11 is 3.46. The third-order valence-corrected chi connectivity index (χ3v) is 3.59. The maximum absolute atomic E-state index is 5.60. The molecule has 0 aliphatic carbocycles. The Balaban J connectivity index is 1.91. The van der Waals surface area contributed by atoms with Crippen molar-refractivity contribution in [2.75, 3.05) is 13.2 Å². The van der Waals surface area contributed by atoms with Crippen LogP contribution in [0.2, 0.25) is 0 Å². The van der Waals surface area contributed by atoms with Gasteiger partial charge in [-0.3, -0.25) is 0 Å². The second-order valence-electron chi connectivity index (χ2n) is 4.76. The van der Waals surface area contributed by atoms with E-state index in [1.807, 2.05) is 0 Å². The fourth-order valence-corrected chi connectivity index (χ4v) is 2.18. The fraction of sp³-hybridized carbons (Fsp3) is 0.625. The van der Waals surface area contributed by atoms with Crippen LogP contribution in [0.1, 0.15) is 51.0 Å². The average molecular weight is 313 g/mol. The molecule has 0 aromatic heterocycles. The molecule has 1 aromatic rings. The van der Waals surface area contributed by atoms with Crippen molar-refractivity contribution in [3.05, 3.63) is 34.3 Å². The molecule has 0 atom stereocenters. The molecule has 0 aliphatic heterocycles. The number of benzene rings is 1. The number of unbranched alkanes of at least 4 members (excludes halogenated alkanes) is 4. The SMILES string of the molecule is CCCCCOCCCCCc1ccc(Br)cc1. The van der Waals surface area contributed by atoms with Crippen molar-refractivity contribution in [3.63, 3.8) is 0 Å². The van der Waals surface area contributed by atoms with E-state index >= 15 is 0 Å². The number of hydrogen-bond donors (Lipinski definition) is 0. The number of hydrogen-bond acceptors (Lipinski definition) is 1. The molecular formula is C16H25BrO. The van der Waals surface area contributed by atoms with Gasteiger partial charge in [0.1, 0.15) is 0 Å². The Bertz CT molecular complexity index is 294. The maximum Gasteiger partial charge on any atom is 0.0466 e. The van der Waals surface area contributed by atoms with Crippen LogP contribution in [-0.4, -0.2) is 13.2 Å². The summed E-state index contributed by atoms with van der Waals surface area (Å²) < 4.78 is 6.76. The second kappa shape index (κ2) is 10.6. The molecule has 1 aromatic carbocycles. The first-order chi connectivity index (χ1) is 8.83. The number of aryl methyl sites for hydroxylation is 1. The molecular weight excluding hydrogens is 288 g/mol. The van der Waals surface area contributed by atoms with Crippen LogP contribution in [0.3, 0.4) is 0 Å². The van der Waals surface area contributed by atoms with Gasteiger partial charge in [-0.25, -0.2) is 0 Å². The van der Waals surface area contributed by atoms with E-state index in [0.29, 0.717) is 0 Å². The van der Waals surface area contributed by atoms with Crippen molar-refractivity contribution in [2.45, 2.75) is 51.9 Å². The molecule has 0 heterocycles. The molecule has 102 valence electrons. The van der Waals surface area contributed by atoms with Crippen molar-refractivity contribution in [1.82, 2.24) is 0 Å². The molecule has 2 heteroatoms. The van der Waals surface area contributed by atoms with Crippen LogP contribution in [0, 0.1) is 0 Å². The lowest BCUT2D eigenvalue weighted by atomic mass is 10.1. The minimum absolute atomic E-state index is 0.935. The van der Waals surface area contributed by atoms with Crippen molar-refractivity contribution in [1.29, 1.82) is 0 Å². The first kappa shape index (κ1) is 15.7. The van der Waals surface area contributed by atoms with Gasteiger partial charge in [0.15, 0.2) is 0 Å². The smallest absolute Gasteiger partial charge is 0.0466 e. The Labute approximate surface area is 120 Å². The summed E-state index contributed by atoms with van der Waals surface area (Å²) in [5.41, 5.74) is 1.43. The molecule has 1 rings (SSSR count). The Hall–Kier alpha value is -0.340. The Morgan fingerprint density at radius 2 is 1.56 bits per heavy atom. The summed E-state index contributed by atoms with van der Waals surface area (Å²) in [4.78, 5) is 0. The molecule has 0 radical (unpaired) electrons. The van der Waals surface area contributed by atoms with Gasteiger partial charge < -0.3 is 4.74 Å². The van der Waals surface area contributed by atoms with Gasteiger partial charge in [-0.05, 0) is 43.4 Å². The summed E-state index contributed by atoms with van der Waals surface area (Å²) in [6, 6.07) is 8.63. The number of ether oxygens (including phenoxy) is 1. The van der Waals surface area contributed by atoms with Crippen LogP contribution in [0.15, 0.2) is 28.7 Å². The highest BCUT2D eigenvalue weighted by Gasteiger charge is 1.95. The van der Waals surface area contributed by atoms with E-state index in [4.69, 9.17) is 4.74 Å². The van der Waals surface area contributed by atoms with Crippen LogP contribution < -0.4 is 0 Å². The first-order valence-corrected chi connectivity index (χ1v) is 7.94. The van der Waals surface area contributed by atoms with Gasteiger partial charge in [-0.2, -0.15) is 0 Å². The van der Waals surface area contributed by atoms with E-state index in [-0.39, 0.29) is 0 Å². The minimum atomic E-state index is 0.935. The largest absolute Gasteiger partial charge is 0.381 e. The third-order valence-electron chi connectivity index (χ3n) is 3.06. The zero-order valence-corrected chi connectivity index (χ0v) is 13.0. The predicted molar refractivity (Wildman–Crippen MR) is 82.0 cm³/mol. The van der Waals surface area contributed by atoms with Gasteiger partial charge in [0.25, 0.3) is 0 Å². The van der Waals surface area contributed by atoms with E-state index in [1.54, 1.807) is 0 Å². The third kappa shape index (κ3) is 7.88. The summed E-state index contributed by atoms with van der Waals surface area (Å²) in [5, 5.41) is 0. The second-order valence-corrected chi connectivity index (χ2v) is 5.67. The van der Waals surface area contributed by atoms with Crippen molar-refractivity contribution < 1.29 is 4.74 Å². The highest BCUT2D eigenvalue weighted by molar-refractivity contribution is 9.10. The number of halogens is 1.